The van der Waals surface area contributed by atoms with E-state index in [9.17, 15) is 23.9 Å². The minimum atomic E-state index is -1.09. The summed E-state index contributed by atoms with van der Waals surface area (Å²) >= 11 is 5.97. The molecule has 2 unspecified atom stereocenters. The second kappa shape index (κ2) is 12.0. The molecule has 13 heteroatoms. The van der Waals surface area contributed by atoms with Gasteiger partial charge in [-0.05, 0) is 71.1 Å². The lowest BCUT2D eigenvalue weighted by atomic mass is 9.85. The maximum Gasteiger partial charge on any atom is 0.335 e. The van der Waals surface area contributed by atoms with Crippen LogP contribution in [0.1, 0.15) is 27.5 Å². The summed E-state index contributed by atoms with van der Waals surface area (Å²) in [5.74, 6) is -2.67. The highest BCUT2D eigenvalue weighted by Crippen LogP contribution is 2.39. The van der Waals surface area contributed by atoms with Gasteiger partial charge in [-0.15, -0.1) is 0 Å². The van der Waals surface area contributed by atoms with E-state index in [1.54, 1.807) is 16.9 Å². The molecule has 0 spiro atoms. The van der Waals surface area contributed by atoms with Gasteiger partial charge in [-0.25, -0.2) is 14.2 Å². The number of carbonyl (C=O) groups excluding carboxylic acids is 2. The molecule has 7 rings (SSSR count). The molecular weight excluding hydrogens is 625 g/mol. The van der Waals surface area contributed by atoms with E-state index in [0.29, 0.717) is 17.7 Å². The normalized spacial score (nSPS) is 17.2. The van der Waals surface area contributed by atoms with E-state index in [4.69, 9.17) is 11.6 Å². The lowest BCUT2D eigenvalue weighted by Gasteiger charge is -2.38. The Bertz CT molecular complexity index is 2100. The molecule has 0 radical (unpaired) electrons. The Morgan fingerprint density at radius 2 is 1.81 bits per heavy atom. The predicted octanol–water partition coefficient (Wildman–Crippen LogP) is 6.05. The lowest BCUT2D eigenvalue weighted by Crippen LogP contribution is -2.49. The minimum Gasteiger partial charge on any atom is -0.478 e. The van der Waals surface area contributed by atoms with E-state index in [1.165, 1.54) is 46.3 Å². The fraction of sp³-hybridized carbons (Fsp3) is 0.176. The molecule has 0 saturated heterocycles. The van der Waals surface area contributed by atoms with Gasteiger partial charge >= 0.3 is 5.97 Å². The number of halogens is 2. The van der Waals surface area contributed by atoms with Crippen molar-refractivity contribution in [2.45, 2.75) is 18.5 Å². The third-order valence-electron chi connectivity index (χ3n) is 8.55. The number of rotatable bonds is 6. The Balaban J connectivity index is 1.24. The maximum atomic E-state index is 14.8. The largest absolute Gasteiger partial charge is 0.478 e. The molecule has 2 aliphatic rings. The number of nitrogens with one attached hydrogen (secondary N) is 1. The van der Waals surface area contributed by atoms with Crippen molar-refractivity contribution in [1.82, 2.24) is 14.7 Å². The first-order valence-corrected chi connectivity index (χ1v) is 15.2. The zero-order chi connectivity index (χ0) is 32.8. The van der Waals surface area contributed by atoms with Gasteiger partial charge in [-0.2, -0.15) is 10.2 Å². The summed E-state index contributed by atoms with van der Waals surface area (Å²) in [6.07, 6.45) is 2.27. The van der Waals surface area contributed by atoms with Crippen LogP contribution in [0.25, 0.3) is 22.0 Å². The number of aryl methyl sites for hydroxylation is 1. The fourth-order valence-corrected chi connectivity index (χ4v) is 6.37. The van der Waals surface area contributed by atoms with E-state index < -0.39 is 35.7 Å². The topological polar surface area (TPSA) is 132 Å². The second-order valence-electron chi connectivity index (χ2n) is 11.3. The highest BCUT2D eigenvalue weighted by molar-refractivity contribution is 6.31. The van der Waals surface area contributed by atoms with Gasteiger partial charge in [0.05, 0.1) is 34.5 Å². The smallest absolute Gasteiger partial charge is 0.335 e. The molecule has 0 fully saturated rings. The van der Waals surface area contributed by atoms with Gasteiger partial charge < -0.3 is 15.3 Å². The molecule has 5 aromatic rings. The van der Waals surface area contributed by atoms with Crippen LogP contribution in [0.5, 0.6) is 0 Å². The Morgan fingerprint density at radius 1 is 1.02 bits per heavy atom. The van der Waals surface area contributed by atoms with Crippen LogP contribution in [-0.4, -0.2) is 56.7 Å². The Kier molecular flexibility index (Phi) is 7.64. The number of carboxylic acids is 1. The van der Waals surface area contributed by atoms with Crippen LogP contribution >= 0.6 is 11.6 Å². The molecule has 3 heterocycles. The third-order valence-corrected chi connectivity index (χ3v) is 8.84. The first-order chi connectivity index (χ1) is 22.7. The van der Waals surface area contributed by atoms with E-state index in [2.05, 4.69) is 26.8 Å². The molecule has 0 bridgehead atoms. The van der Waals surface area contributed by atoms with Crippen molar-refractivity contribution in [3.05, 3.63) is 113 Å². The van der Waals surface area contributed by atoms with Crippen LogP contribution in [0.3, 0.4) is 0 Å². The number of carboxylic acid groups (broad SMARTS) is 1. The van der Waals surface area contributed by atoms with Gasteiger partial charge in [0.1, 0.15) is 6.04 Å². The number of hydrogen-bond donors (Lipinski definition) is 2. The molecule has 2 aliphatic heterocycles. The van der Waals surface area contributed by atoms with Gasteiger partial charge in [0.2, 0.25) is 0 Å². The standard InChI is InChI=1S/C34H27ClFN7O4/c1-41-29-16-20(8-9-21(29)17-37-41)23-4-2-5-25-24(23)14-15-42(31(25)32(44)38-22-12-10-19(11-13-22)34(46)47)33(45)27-18-43(40-39-27)28-7-3-6-26(35)30(28)36/h2-13,16-17,27,31H,14-15,18H2,1H3,(H,38,44)(H,46,47). The highest BCUT2D eigenvalue weighted by atomic mass is 35.5. The molecular formula is C34H27ClFN7O4. The first-order valence-electron chi connectivity index (χ1n) is 14.8. The van der Waals surface area contributed by atoms with Crippen LogP contribution in [0.4, 0.5) is 15.8 Å². The quantitative estimate of drug-likeness (QED) is 0.230. The molecule has 236 valence electrons. The molecule has 1 aromatic heterocycles. The summed E-state index contributed by atoms with van der Waals surface area (Å²) in [6.45, 7) is 0.180. The average Bonchev–Trinajstić information content (AvgIpc) is 3.72. The molecule has 2 atom stereocenters. The fourth-order valence-electron chi connectivity index (χ4n) is 6.20. The van der Waals surface area contributed by atoms with Gasteiger partial charge in [-0.3, -0.25) is 14.3 Å². The summed E-state index contributed by atoms with van der Waals surface area (Å²) in [4.78, 5) is 41.1. The molecule has 2 N–H and O–H groups in total. The molecule has 0 saturated carbocycles. The van der Waals surface area contributed by atoms with E-state index >= 15 is 0 Å². The average molecular weight is 652 g/mol. The molecule has 2 amide bonds. The van der Waals surface area contributed by atoms with Crippen molar-refractivity contribution in [2.24, 2.45) is 17.4 Å². The van der Waals surface area contributed by atoms with E-state index in [1.807, 2.05) is 37.4 Å². The summed E-state index contributed by atoms with van der Waals surface area (Å²) < 4.78 is 16.6. The number of nitrogens with zero attached hydrogens (tertiary/aromatic N) is 6. The first kappa shape index (κ1) is 30.1. The number of hydrogen-bond acceptors (Lipinski definition) is 7. The van der Waals surface area contributed by atoms with Crippen LogP contribution in [0.15, 0.2) is 95.4 Å². The predicted molar refractivity (Wildman–Crippen MR) is 174 cm³/mol. The van der Waals surface area contributed by atoms with E-state index in [-0.39, 0.29) is 29.4 Å². The zero-order valence-corrected chi connectivity index (χ0v) is 25.7. The van der Waals surface area contributed by atoms with Crippen molar-refractivity contribution in [1.29, 1.82) is 0 Å². The Labute approximate surface area is 272 Å². The number of aromatic nitrogens is 2. The summed E-state index contributed by atoms with van der Waals surface area (Å²) in [5.41, 5.74) is 4.96. The monoisotopic (exact) mass is 651 g/mol. The zero-order valence-electron chi connectivity index (χ0n) is 25.0. The van der Waals surface area contributed by atoms with Crippen LogP contribution in [0.2, 0.25) is 5.02 Å². The Hall–Kier alpha value is -5.62. The second-order valence-corrected chi connectivity index (χ2v) is 11.8. The van der Waals surface area contributed by atoms with Crippen LogP contribution in [0, 0.1) is 5.82 Å². The minimum absolute atomic E-state index is 0.0325. The Morgan fingerprint density at radius 3 is 2.60 bits per heavy atom. The van der Waals surface area contributed by atoms with Crippen molar-refractivity contribution in [3.8, 4) is 11.1 Å². The number of aromatic carboxylic acids is 1. The molecule has 4 aromatic carbocycles. The van der Waals surface area contributed by atoms with Crippen molar-refractivity contribution in [3.63, 3.8) is 0 Å². The molecule has 47 heavy (non-hydrogen) atoms. The summed E-state index contributed by atoms with van der Waals surface area (Å²) in [5, 5.41) is 26.9. The van der Waals surface area contributed by atoms with Crippen LogP contribution in [-0.2, 0) is 23.1 Å². The number of fused-ring (bicyclic) bond motifs is 2. The molecule has 0 aliphatic carbocycles. The van der Waals surface area contributed by atoms with Gasteiger partial charge in [-0.1, -0.05) is 53.2 Å². The number of benzene rings is 4. The van der Waals surface area contributed by atoms with Gasteiger partial charge in [0.15, 0.2) is 11.9 Å². The third kappa shape index (κ3) is 5.46. The van der Waals surface area contributed by atoms with Crippen LogP contribution < -0.4 is 10.3 Å². The van der Waals surface area contributed by atoms with Gasteiger partial charge in [0.25, 0.3) is 11.8 Å². The van der Waals surface area contributed by atoms with Crippen molar-refractivity contribution >= 4 is 51.7 Å². The summed E-state index contributed by atoms with van der Waals surface area (Å²) in [6, 6.07) is 20.0. The van der Waals surface area contributed by atoms with Gasteiger partial charge in [0, 0.05) is 24.7 Å². The van der Waals surface area contributed by atoms with Crippen molar-refractivity contribution < 1.29 is 23.9 Å². The number of anilines is 2. The van der Waals surface area contributed by atoms with Crippen molar-refractivity contribution in [2.75, 3.05) is 23.4 Å². The summed E-state index contributed by atoms with van der Waals surface area (Å²) in [7, 11) is 1.88. The number of carbonyl (C=O) groups is 3. The lowest BCUT2D eigenvalue weighted by molar-refractivity contribution is -0.140. The van der Waals surface area contributed by atoms with E-state index in [0.717, 1.165) is 27.6 Å². The molecule has 11 nitrogen and oxygen atoms in total. The SMILES string of the molecule is Cn1ncc2ccc(-c3cccc4c3CCN(C(=O)C3CN(c5cccc(Cl)c5F)N=N3)C4C(=O)Nc3ccc(C(=O)O)cc3)cc21. The number of amides is 2. The highest BCUT2D eigenvalue weighted by Gasteiger charge is 2.41. The maximum absolute atomic E-state index is 14.8.